The van der Waals surface area contributed by atoms with Crippen LogP contribution in [-0.4, -0.2) is 36.3 Å². The van der Waals surface area contributed by atoms with E-state index in [4.69, 9.17) is 0 Å². The molecule has 0 aromatic heterocycles. The summed E-state index contributed by atoms with van der Waals surface area (Å²) in [5.74, 6) is -1.01. The number of nitrogens with one attached hydrogen (secondary N) is 1. The van der Waals surface area contributed by atoms with Gasteiger partial charge in [0.25, 0.3) is 5.91 Å². The van der Waals surface area contributed by atoms with Crippen LogP contribution in [0.2, 0.25) is 0 Å². The molecule has 1 rings (SSSR count). The highest BCUT2D eigenvalue weighted by atomic mass is 19.4. The molecular formula is C14H17F3N2O2. The van der Waals surface area contributed by atoms with E-state index in [0.717, 1.165) is 23.1 Å². The van der Waals surface area contributed by atoms with Crippen LogP contribution in [0.4, 0.5) is 13.2 Å². The van der Waals surface area contributed by atoms with Gasteiger partial charge in [-0.1, -0.05) is 6.07 Å². The molecule has 0 saturated heterocycles. The molecule has 0 spiro atoms. The second kappa shape index (κ2) is 6.60. The Morgan fingerprint density at radius 2 is 1.90 bits per heavy atom. The standard InChI is InChI=1S/C14H17F3N2O2/c1-9(2)18-12(20)8-19(3)13(21)10-5-4-6-11(7-10)14(15,16)17/h4-7,9H,8H2,1-3H3,(H,18,20). The van der Waals surface area contributed by atoms with Crippen molar-refractivity contribution in [3.8, 4) is 0 Å². The van der Waals surface area contributed by atoms with Gasteiger partial charge in [0.2, 0.25) is 5.91 Å². The minimum atomic E-state index is -4.51. The van der Waals surface area contributed by atoms with E-state index < -0.39 is 17.6 Å². The molecule has 0 heterocycles. The zero-order chi connectivity index (χ0) is 16.2. The predicted octanol–water partition coefficient (Wildman–Crippen LogP) is 2.30. The summed E-state index contributed by atoms with van der Waals surface area (Å²) in [6, 6.07) is 4.04. The number of carbonyl (C=O) groups is 2. The fourth-order valence-electron chi connectivity index (χ4n) is 1.70. The van der Waals surface area contributed by atoms with Gasteiger partial charge in [0.05, 0.1) is 12.1 Å². The monoisotopic (exact) mass is 302 g/mol. The van der Waals surface area contributed by atoms with E-state index in [2.05, 4.69) is 5.32 Å². The van der Waals surface area contributed by atoms with Crippen molar-refractivity contribution >= 4 is 11.8 Å². The number of halogens is 3. The van der Waals surface area contributed by atoms with E-state index in [-0.39, 0.29) is 24.1 Å². The van der Waals surface area contributed by atoms with Gasteiger partial charge in [-0.25, -0.2) is 0 Å². The van der Waals surface area contributed by atoms with Crippen molar-refractivity contribution in [3.05, 3.63) is 35.4 Å². The third kappa shape index (κ3) is 5.09. The zero-order valence-corrected chi connectivity index (χ0v) is 12.0. The fraction of sp³-hybridized carbons (Fsp3) is 0.429. The predicted molar refractivity (Wildman–Crippen MR) is 71.7 cm³/mol. The van der Waals surface area contributed by atoms with Gasteiger partial charge < -0.3 is 10.2 Å². The maximum atomic E-state index is 12.6. The minimum absolute atomic E-state index is 0.0745. The SMILES string of the molecule is CC(C)NC(=O)CN(C)C(=O)c1cccc(C(F)(F)F)c1. The zero-order valence-electron chi connectivity index (χ0n) is 12.0. The number of nitrogens with zero attached hydrogens (tertiary/aromatic N) is 1. The minimum Gasteiger partial charge on any atom is -0.352 e. The second-order valence-electron chi connectivity index (χ2n) is 4.96. The van der Waals surface area contributed by atoms with Gasteiger partial charge in [0.15, 0.2) is 0 Å². The van der Waals surface area contributed by atoms with Crippen molar-refractivity contribution in [1.82, 2.24) is 10.2 Å². The van der Waals surface area contributed by atoms with Crippen molar-refractivity contribution in [2.75, 3.05) is 13.6 Å². The van der Waals surface area contributed by atoms with Crippen molar-refractivity contribution in [3.63, 3.8) is 0 Å². The first-order valence-electron chi connectivity index (χ1n) is 6.33. The maximum absolute atomic E-state index is 12.6. The lowest BCUT2D eigenvalue weighted by molar-refractivity contribution is -0.137. The number of rotatable bonds is 4. The fourth-order valence-corrected chi connectivity index (χ4v) is 1.70. The van der Waals surface area contributed by atoms with E-state index in [9.17, 15) is 22.8 Å². The normalized spacial score (nSPS) is 11.4. The van der Waals surface area contributed by atoms with Crippen LogP contribution >= 0.6 is 0 Å². The maximum Gasteiger partial charge on any atom is 0.416 e. The molecule has 0 aliphatic heterocycles. The van der Waals surface area contributed by atoms with Crippen LogP contribution in [0.5, 0.6) is 0 Å². The number of hydrogen-bond donors (Lipinski definition) is 1. The third-order valence-electron chi connectivity index (χ3n) is 2.61. The number of hydrogen-bond acceptors (Lipinski definition) is 2. The summed E-state index contributed by atoms with van der Waals surface area (Å²) in [6.07, 6.45) is -4.51. The van der Waals surface area contributed by atoms with Crippen LogP contribution < -0.4 is 5.32 Å². The van der Waals surface area contributed by atoms with E-state index in [1.165, 1.54) is 13.1 Å². The van der Waals surface area contributed by atoms with E-state index >= 15 is 0 Å². The van der Waals surface area contributed by atoms with Gasteiger partial charge in [0.1, 0.15) is 0 Å². The molecule has 116 valence electrons. The van der Waals surface area contributed by atoms with Gasteiger partial charge in [-0.3, -0.25) is 9.59 Å². The lowest BCUT2D eigenvalue weighted by Crippen LogP contribution is -2.40. The molecule has 1 aromatic rings. The highest BCUT2D eigenvalue weighted by Gasteiger charge is 2.31. The Morgan fingerprint density at radius 1 is 1.29 bits per heavy atom. The highest BCUT2D eigenvalue weighted by Crippen LogP contribution is 2.29. The lowest BCUT2D eigenvalue weighted by atomic mass is 10.1. The van der Waals surface area contributed by atoms with Crippen LogP contribution in [0.1, 0.15) is 29.8 Å². The molecule has 0 saturated carbocycles. The highest BCUT2D eigenvalue weighted by molar-refractivity contribution is 5.96. The average Bonchev–Trinajstić information content (AvgIpc) is 2.35. The first-order chi connectivity index (χ1) is 9.61. The summed E-state index contributed by atoms with van der Waals surface area (Å²) in [5.41, 5.74) is -1.00. The summed E-state index contributed by atoms with van der Waals surface area (Å²) in [5, 5.41) is 2.60. The third-order valence-corrected chi connectivity index (χ3v) is 2.61. The number of amides is 2. The molecule has 0 aliphatic carbocycles. The van der Waals surface area contributed by atoms with Gasteiger partial charge >= 0.3 is 6.18 Å². The number of likely N-dealkylation sites (N-methyl/N-ethyl adjacent to an activating group) is 1. The van der Waals surface area contributed by atoms with E-state index in [1.54, 1.807) is 13.8 Å². The molecule has 4 nitrogen and oxygen atoms in total. The first-order valence-corrected chi connectivity index (χ1v) is 6.33. The van der Waals surface area contributed by atoms with Gasteiger partial charge in [-0.2, -0.15) is 13.2 Å². The van der Waals surface area contributed by atoms with Crippen LogP contribution in [-0.2, 0) is 11.0 Å². The molecule has 2 amide bonds. The van der Waals surface area contributed by atoms with Crippen molar-refractivity contribution < 1.29 is 22.8 Å². The summed E-state index contributed by atoms with van der Waals surface area (Å²) >= 11 is 0. The molecule has 1 N–H and O–H groups in total. The summed E-state index contributed by atoms with van der Waals surface area (Å²) in [4.78, 5) is 24.6. The molecule has 1 aromatic carbocycles. The van der Waals surface area contributed by atoms with Crippen LogP contribution in [0.3, 0.4) is 0 Å². The van der Waals surface area contributed by atoms with Crippen LogP contribution in [0.25, 0.3) is 0 Å². The topological polar surface area (TPSA) is 49.4 Å². The Bertz CT molecular complexity index is 527. The van der Waals surface area contributed by atoms with Gasteiger partial charge in [0, 0.05) is 18.7 Å². The Hall–Kier alpha value is -2.05. The van der Waals surface area contributed by atoms with Gasteiger partial charge in [-0.05, 0) is 32.0 Å². The quantitative estimate of drug-likeness (QED) is 0.928. The number of benzene rings is 1. The Morgan fingerprint density at radius 3 is 2.43 bits per heavy atom. The second-order valence-corrected chi connectivity index (χ2v) is 4.96. The molecular weight excluding hydrogens is 285 g/mol. The molecule has 7 heteroatoms. The van der Waals surface area contributed by atoms with E-state index in [1.807, 2.05) is 0 Å². The smallest absolute Gasteiger partial charge is 0.352 e. The van der Waals surface area contributed by atoms with Gasteiger partial charge in [-0.15, -0.1) is 0 Å². The van der Waals surface area contributed by atoms with Crippen molar-refractivity contribution in [2.45, 2.75) is 26.1 Å². The molecule has 0 fully saturated rings. The van der Waals surface area contributed by atoms with Crippen LogP contribution in [0.15, 0.2) is 24.3 Å². The lowest BCUT2D eigenvalue weighted by Gasteiger charge is -2.18. The molecule has 0 unspecified atom stereocenters. The Labute approximate surface area is 120 Å². The molecule has 0 bridgehead atoms. The first kappa shape index (κ1) is 17.0. The summed E-state index contributed by atoms with van der Waals surface area (Å²) < 4.78 is 37.8. The largest absolute Gasteiger partial charge is 0.416 e. The van der Waals surface area contributed by atoms with Crippen LogP contribution in [0, 0.1) is 0 Å². The Kier molecular flexibility index (Phi) is 5.34. The summed E-state index contributed by atoms with van der Waals surface area (Å²) in [6.45, 7) is 3.33. The van der Waals surface area contributed by atoms with E-state index in [0.29, 0.717) is 0 Å². The number of carbonyl (C=O) groups excluding carboxylic acids is 2. The molecule has 0 atom stereocenters. The molecule has 0 aliphatic rings. The molecule has 21 heavy (non-hydrogen) atoms. The molecule has 0 radical (unpaired) electrons. The van der Waals surface area contributed by atoms with Crippen molar-refractivity contribution in [2.24, 2.45) is 0 Å². The average molecular weight is 302 g/mol. The number of alkyl halides is 3. The Balaban J connectivity index is 2.81. The van der Waals surface area contributed by atoms with Crippen molar-refractivity contribution in [1.29, 1.82) is 0 Å². The summed E-state index contributed by atoms with van der Waals surface area (Å²) in [7, 11) is 1.36.